The molecule has 2 heteroatoms. The van der Waals surface area contributed by atoms with E-state index in [-0.39, 0.29) is 5.78 Å². The zero-order valence-corrected chi connectivity index (χ0v) is 8.36. The van der Waals surface area contributed by atoms with E-state index in [2.05, 4.69) is 0 Å². The van der Waals surface area contributed by atoms with Crippen LogP contribution in [0.5, 0.6) is 0 Å². The SMILES string of the molecule is O=C([CH2][Sn])c1ccccc1. The third-order valence-corrected chi connectivity index (χ3v) is 2.17. The number of rotatable bonds is 2. The van der Waals surface area contributed by atoms with Gasteiger partial charge in [0.2, 0.25) is 0 Å². The van der Waals surface area contributed by atoms with E-state index in [9.17, 15) is 4.79 Å². The summed E-state index contributed by atoms with van der Waals surface area (Å²) in [6, 6.07) is 9.40. The molecule has 0 unspecified atom stereocenters. The summed E-state index contributed by atoms with van der Waals surface area (Å²) in [5, 5.41) is 0. The quantitative estimate of drug-likeness (QED) is 0.562. The average Bonchev–Trinajstić information content (AvgIpc) is 2.05. The molecule has 0 N–H and O–H groups in total. The van der Waals surface area contributed by atoms with Gasteiger partial charge in [-0.1, -0.05) is 0 Å². The molecule has 1 aromatic rings. The van der Waals surface area contributed by atoms with E-state index >= 15 is 0 Å². The van der Waals surface area contributed by atoms with Gasteiger partial charge in [-0.15, -0.1) is 0 Å². The zero-order chi connectivity index (χ0) is 7.40. The summed E-state index contributed by atoms with van der Waals surface area (Å²) in [5.41, 5.74) is 0.833. The minimum atomic E-state index is 0.249. The molecule has 0 spiro atoms. The first-order chi connectivity index (χ1) is 4.84. The van der Waals surface area contributed by atoms with Gasteiger partial charge in [-0.25, -0.2) is 0 Å². The Morgan fingerprint density at radius 2 is 1.90 bits per heavy atom. The van der Waals surface area contributed by atoms with Gasteiger partial charge in [0, 0.05) is 0 Å². The van der Waals surface area contributed by atoms with Crippen LogP contribution in [-0.4, -0.2) is 28.3 Å². The Hall–Kier alpha value is -0.311. The van der Waals surface area contributed by atoms with Gasteiger partial charge < -0.3 is 0 Å². The molecule has 0 bridgehead atoms. The molecule has 1 aromatic carbocycles. The van der Waals surface area contributed by atoms with Crippen molar-refractivity contribution in [2.75, 3.05) is 0 Å². The molecule has 0 aliphatic rings. The number of benzene rings is 1. The van der Waals surface area contributed by atoms with Crippen LogP contribution in [0, 0.1) is 0 Å². The molecule has 3 radical (unpaired) electrons. The summed E-state index contributed by atoms with van der Waals surface area (Å²) in [4.78, 5) is 11.0. The third kappa shape index (κ3) is 1.84. The Kier molecular flexibility index (Phi) is 2.93. The van der Waals surface area contributed by atoms with Crippen LogP contribution < -0.4 is 0 Å². The van der Waals surface area contributed by atoms with E-state index in [1.807, 2.05) is 30.3 Å². The Morgan fingerprint density at radius 3 is 2.40 bits per heavy atom. The summed E-state index contributed by atoms with van der Waals surface area (Å²) in [6.45, 7) is 0. The molecule has 0 saturated carbocycles. The molecule has 49 valence electrons. The normalized spacial score (nSPS) is 9.30. The fourth-order valence-electron chi connectivity index (χ4n) is 0.726. The van der Waals surface area contributed by atoms with Crippen LogP contribution in [0.4, 0.5) is 0 Å². The van der Waals surface area contributed by atoms with Crippen molar-refractivity contribution in [1.82, 2.24) is 0 Å². The van der Waals surface area contributed by atoms with Crippen LogP contribution in [-0.2, 0) is 0 Å². The van der Waals surface area contributed by atoms with Crippen LogP contribution in [0.1, 0.15) is 10.4 Å². The molecule has 0 aliphatic heterocycles. The number of hydrogen-bond acceptors (Lipinski definition) is 1. The predicted octanol–water partition coefficient (Wildman–Crippen LogP) is 1.46. The molecule has 0 saturated heterocycles. The second-order valence-electron chi connectivity index (χ2n) is 1.97. The van der Waals surface area contributed by atoms with E-state index in [4.69, 9.17) is 0 Å². The summed E-state index contributed by atoms with van der Waals surface area (Å²) in [5.74, 6) is 0.249. The summed E-state index contributed by atoms with van der Waals surface area (Å²) in [6.07, 6.45) is 0. The molecule has 0 amide bonds. The second-order valence-corrected chi connectivity index (χ2v) is 2.98. The Labute approximate surface area is 73.5 Å². The molecular weight excluding hydrogens is 231 g/mol. The van der Waals surface area contributed by atoms with E-state index in [0.29, 0.717) is 4.44 Å². The summed E-state index contributed by atoms with van der Waals surface area (Å²) < 4.78 is 0.677. The maximum absolute atomic E-state index is 11.0. The van der Waals surface area contributed by atoms with E-state index in [0.717, 1.165) is 5.56 Å². The number of ketones is 1. The zero-order valence-electron chi connectivity index (χ0n) is 5.50. The van der Waals surface area contributed by atoms with Gasteiger partial charge in [-0.05, 0) is 0 Å². The fourth-order valence-corrected chi connectivity index (χ4v) is 1.31. The molecule has 1 nitrogen and oxygen atoms in total. The Bertz CT molecular complexity index is 218. The van der Waals surface area contributed by atoms with Gasteiger partial charge >= 0.3 is 73.4 Å². The molecule has 0 fully saturated rings. The Morgan fingerprint density at radius 1 is 1.30 bits per heavy atom. The molecule has 1 rings (SSSR count). The molecule has 0 heterocycles. The number of hydrogen-bond donors (Lipinski definition) is 0. The molecule has 0 atom stereocenters. The summed E-state index contributed by atoms with van der Waals surface area (Å²) >= 11 is 1.28. The second kappa shape index (κ2) is 3.76. The first kappa shape index (κ1) is 7.79. The van der Waals surface area contributed by atoms with Gasteiger partial charge in [-0.2, -0.15) is 0 Å². The van der Waals surface area contributed by atoms with Gasteiger partial charge in [0.05, 0.1) is 0 Å². The monoisotopic (exact) mass is 239 g/mol. The standard InChI is InChI=1S/C8H7O.Sn/c1-7(9)8-5-3-2-4-6-8;/h2-6H,1H2;. The molecule has 10 heavy (non-hydrogen) atoms. The maximum atomic E-state index is 11.0. The Balaban J connectivity index is 2.85. The van der Waals surface area contributed by atoms with Crippen LogP contribution in [0.25, 0.3) is 0 Å². The first-order valence-corrected chi connectivity index (χ1v) is 5.09. The number of carbonyl (C=O) groups excluding carboxylic acids is 1. The van der Waals surface area contributed by atoms with E-state index in [1.54, 1.807) is 0 Å². The van der Waals surface area contributed by atoms with Crippen LogP contribution in [0.2, 0.25) is 4.44 Å². The molecule has 0 aromatic heterocycles. The van der Waals surface area contributed by atoms with Gasteiger partial charge in [-0.3, -0.25) is 0 Å². The average molecular weight is 238 g/mol. The van der Waals surface area contributed by atoms with Crippen LogP contribution in [0.3, 0.4) is 0 Å². The molecular formula is C8H7OSn. The molecule has 0 aliphatic carbocycles. The van der Waals surface area contributed by atoms with Crippen molar-refractivity contribution in [1.29, 1.82) is 0 Å². The first-order valence-electron chi connectivity index (χ1n) is 3.07. The number of carbonyl (C=O) groups is 1. The fraction of sp³-hybridized carbons (Fsp3) is 0.125. The topological polar surface area (TPSA) is 17.1 Å². The predicted molar refractivity (Wildman–Crippen MR) is 41.3 cm³/mol. The van der Waals surface area contributed by atoms with Crippen molar-refractivity contribution in [2.24, 2.45) is 0 Å². The summed E-state index contributed by atoms with van der Waals surface area (Å²) in [7, 11) is 0. The van der Waals surface area contributed by atoms with Crippen molar-refractivity contribution in [2.45, 2.75) is 4.44 Å². The van der Waals surface area contributed by atoms with Crippen molar-refractivity contribution in [3.05, 3.63) is 35.9 Å². The van der Waals surface area contributed by atoms with Crippen molar-refractivity contribution >= 4 is 28.3 Å². The van der Waals surface area contributed by atoms with Gasteiger partial charge in [0.15, 0.2) is 0 Å². The van der Waals surface area contributed by atoms with Crippen molar-refractivity contribution in [3.8, 4) is 0 Å². The van der Waals surface area contributed by atoms with Crippen molar-refractivity contribution in [3.63, 3.8) is 0 Å². The number of Topliss-reactive ketones (excluding diaryl/α,β-unsaturated/α-hetero) is 1. The van der Waals surface area contributed by atoms with E-state index in [1.165, 1.54) is 22.5 Å². The van der Waals surface area contributed by atoms with Crippen molar-refractivity contribution < 1.29 is 4.79 Å². The third-order valence-electron chi connectivity index (χ3n) is 1.26. The van der Waals surface area contributed by atoms with Crippen LogP contribution in [0.15, 0.2) is 30.3 Å². The van der Waals surface area contributed by atoms with E-state index < -0.39 is 0 Å². The van der Waals surface area contributed by atoms with Crippen LogP contribution >= 0.6 is 0 Å². The minimum absolute atomic E-state index is 0.249. The van der Waals surface area contributed by atoms with Gasteiger partial charge in [0.25, 0.3) is 0 Å². The van der Waals surface area contributed by atoms with Gasteiger partial charge in [0.1, 0.15) is 0 Å².